The number of likely N-dealkylation sites (tertiary alicyclic amines) is 1. The second kappa shape index (κ2) is 10.3. The molecule has 29 heavy (non-hydrogen) atoms. The summed E-state index contributed by atoms with van der Waals surface area (Å²) >= 11 is 0. The lowest BCUT2D eigenvalue weighted by atomic mass is 10.0. The fourth-order valence-corrected chi connectivity index (χ4v) is 3.64. The molecule has 3 rings (SSSR count). The first-order valence-corrected chi connectivity index (χ1v) is 10.2. The van der Waals surface area contributed by atoms with Crippen LogP contribution in [0, 0.1) is 5.82 Å². The third-order valence-electron chi connectivity index (χ3n) is 5.31. The summed E-state index contributed by atoms with van der Waals surface area (Å²) in [4.78, 5) is 15.0. The molecule has 0 aliphatic carbocycles. The van der Waals surface area contributed by atoms with E-state index in [1.54, 1.807) is 26.2 Å². The summed E-state index contributed by atoms with van der Waals surface area (Å²) in [5.74, 6) is 0.153. The molecule has 1 aliphatic heterocycles. The van der Waals surface area contributed by atoms with Crippen LogP contribution in [0.5, 0.6) is 11.5 Å². The van der Waals surface area contributed by atoms with Crippen molar-refractivity contribution in [3.05, 3.63) is 59.9 Å². The van der Waals surface area contributed by atoms with E-state index < -0.39 is 11.9 Å². The van der Waals surface area contributed by atoms with Crippen molar-refractivity contribution in [3.63, 3.8) is 0 Å². The van der Waals surface area contributed by atoms with E-state index in [4.69, 9.17) is 9.47 Å². The molecule has 1 amide bonds. The van der Waals surface area contributed by atoms with E-state index in [2.05, 4.69) is 10.2 Å². The van der Waals surface area contributed by atoms with Gasteiger partial charge in [0.05, 0.1) is 13.2 Å². The molecule has 1 saturated heterocycles. The second-order valence-corrected chi connectivity index (χ2v) is 7.32. The molecule has 0 spiro atoms. The quantitative estimate of drug-likeness (QED) is 0.729. The van der Waals surface area contributed by atoms with Crippen LogP contribution in [-0.4, -0.2) is 43.7 Å². The first-order chi connectivity index (χ1) is 14.1. The number of methoxy groups -OCH3 is 1. The summed E-state index contributed by atoms with van der Waals surface area (Å²) in [5, 5.41) is 2.99. The third-order valence-corrected chi connectivity index (χ3v) is 5.31. The van der Waals surface area contributed by atoms with Crippen molar-refractivity contribution in [2.75, 3.05) is 26.7 Å². The number of piperidine rings is 1. The SMILES string of the molecule is COc1ccc([C@H](CNC(=O)[C@H](C)Oc2ccccc2F)N2CCCCC2)cc1. The summed E-state index contributed by atoms with van der Waals surface area (Å²) in [5.41, 5.74) is 1.13. The van der Waals surface area contributed by atoms with E-state index in [0.29, 0.717) is 6.54 Å². The van der Waals surface area contributed by atoms with E-state index in [0.717, 1.165) is 37.2 Å². The average Bonchev–Trinajstić information content (AvgIpc) is 2.76. The number of benzene rings is 2. The normalized spacial score (nSPS) is 16.7. The molecule has 6 heteroatoms. The second-order valence-electron chi connectivity index (χ2n) is 7.32. The summed E-state index contributed by atoms with van der Waals surface area (Å²) in [7, 11) is 1.65. The minimum Gasteiger partial charge on any atom is -0.497 e. The molecule has 2 aromatic carbocycles. The Morgan fingerprint density at radius 2 is 1.79 bits per heavy atom. The minimum absolute atomic E-state index is 0.0748. The van der Waals surface area contributed by atoms with Gasteiger partial charge in [-0.05, 0) is 62.7 Å². The Morgan fingerprint density at radius 1 is 1.10 bits per heavy atom. The number of nitrogens with zero attached hydrogens (tertiary/aromatic N) is 1. The summed E-state index contributed by atoms with van der Waals surface area (Å²) in [6.07, 6.45) is 2.77. The fraction of sp³-hybridized carbons (Fsp3) is 0.435. The molecule has 2 aromatic rings. The zero-order valence-corrected chi connectivity index (χ0v) is 17.1. The topological polar surface area (TPSA) is 50.8 Å². The Balaban J connectivity index is 1.65. The van der Waals surface area contributed by atoms with Crippen LogP contribution in [0.2, 0.25) is 0 Å². The number of ether oxygens (including phenoxy) is 2. The lowest BCUT2D eigenvalue weighted by Crippen LogP contribution is -2.44. The number of hydrogen-bond donors (Lipinski definition) is 1. The maximum atomic E-state index is 13.8. The fourth-order valence-electron chi connectivity index (χ4n) is 3.64. The number of carbonyl (C=O) groups excluding carboxylic acids is 1. The van der Waals surface area contributed by atoms with Crippen molar-refractivity contribution in [2.45, 2.75) is 38.3 Å². The number of hydrogen-bond acceptors (Lipinski definition) is 4. The van der Waals surface area contributed by atoms with Crippen LogP contribution in [0.15, 0.2) is 48.5 Å². The van der Waals surface area contributed by atoms with Crippen LogP contribution in [0.25, 0.3) is 0 Å². The summed E-state index contributed by atoms with van der Waals surface area (Å²) in [6, 6.07) is 14.2. The monoisotopic (exact) mass is 400 g/mol. The van der Waals surface area contributed by atoms with E-state index in [1.807, 2.05) is 24.3 Å². The van der Waals surface area contributed by atoms with Crippen molar-refractivity contribution in [3.8, 4) is 11.5 Å². The van der Waals surface area contributed by atoms with E-state index in [1.165, 1.54) is 18.6 Å². The maximum Gasteiger partial charge on any atom is 0.260 e. The Labute approximate surface area is 171 Å². The molecule has 2 atom stereocenters. The van der Waals surface area contributed by atoms with Crippen molar-refractivity contribution in [1.29, 1.82) is 0 Å². The number of carbonyl (C=O) groups is 1. The largest absolute Gasteiger partial charge is 0.497 e. The van der Waals surface area contributed by atoms with Crippen LogP contribution in [0.4, 0.5) is 4.39 Å². The van der Waals surface area contributed by atoms with Gasteiger partial charge in [-0.3, -0.25) is 9.69 Å². The van der Waals surface area contributed by atoms with Gasteiger partial charge in [0, 0.05) is 6.54 Å². The van der Waals surface area contributed by atoms with Gasteiger partial charge in [0.15, 0.2) is 17.7 Å². The predicted octanol–water partition coefficient (Wildman–Crippen LogP) is 3.95. The molecule has 0 bridgehead atoms. The average molecular weight is 400 g/mol. The highest BCUT2D eigenvalue weighted by Crippen LogP contribution is 2.26. The van der Waals surface area contributed by atoms with Crippen LogP contribution in [-0.2, 0) is 4.79 Å². The van der Waals surface area contributed by atoms with Crippen LogP contribution < -0.4 is 14.8 Å². The third kappa shape index (κ3) is 5.70. The van der Waals surface area contributed by atoms with Gasteiger partial charge >= 0.3 is 0 Å². The van der Waals surface area contributed by atoms with Gasteiger partial charge in [-0.15, -0.1) is 0 Å². The highest BCUT2D eigenvalue weighted by Gasteiger charge is 2.24. The predicted molar refractivity (Wildman–Crippen MR) is 111 cm³/mol. The first-order valence-electron chi connectivity index (χ1n) is 10.2. The van der Waals surface area contributed by atoms with E-state index in [-0.39, 0.29) is 17.7 Å². The van der Waals surface area contributed by atoms with Gasteiger partial charge in [-0.1, -0.05) is 30.7 Å². The van der Waals surface area contributed by atoms with Gasteiger partial charge in [-0.25, -0.2) is 4.39 Å². The van der Waals surface area contributed by atoms with Crippen LogP contribution >= 0.6 is 0 Å². The molecule has 1 N–H and O–H groups in total. The zero-order chi connectivity index (χ0) is 20.6. The van der Waals surface area contributed by atoms with Crippen LogP contribution in [0.3, 0.4) is 0 Å². The first kappa shape index (κ1) is 21.1. The number of para-hydroxylation sites is 1. The number of halogens is 1. The highest BCUT2D eigenvalue weighted by molar-refractivity contribution is 5.80. The summed E-state index contributed by atoms with van der Waals surface area (Å²) in [6.45, 7) is 4.11. The van der Waals surface area contributed by atoms with Gasteiger partial charge in [0.25, 0.3) is 5.91 Å². The molecule has 1 fully saturated rings. The number of amides is 1. The zero-order valence-electron chi connectivity index (χ0n) is 17.1. The molecule has 1 heterocycles. The lowest BCUT2D eigenvalue weighted by molar-refractivity contribution is -0.127. The lowest BCUT2D eigenvalue weighted by Gasteiger charge is -2.35. The molecular weight excluding hydrogens is 371 g/mol. The van der Waals surface area contributed by atoms with Gasteiger partial charge in [0.2, 0.25) is 0 Å². The minimum atomic E-state index is -0.787. The van der Waals surface area contributed by atoms with Gasteiger partial charge in [-0.2, -0.15) is 0 Å². The van der Waals surface area contributed by atoms with Crippen molar-refractivity contribution >= 4 is 5.91 Å². The Bertz CT molecular complexity index is 791. The van der Waals surface area contributed by atoms with E-state index >= 15 is 0 Å². The molecule has 156 valence electrons. The highest BCUT2D eigenvalue weighted by atomic mass is 19.1. The van der Waals surface area contributed by atoms with Gasteiger partial charge < -0.3 is 14.8 Å². The molecule has 0 radical (unpaired) electrons. The van der Waals surface area contributed by atoms with Crippen LogP contribution in [0.1, 0.15) is 37.8 Å². The maximum absolute atomic E-state index is 13.8. The molecule has 0 saturated carbocycles. The standard InChI is InChI=1S/C23H29FN2O3/c1-17(29-22-9-5-4-8-20(22)24)23(27)25-16-21(26-14-6-3-7-15-26)18-10-12-19(28-2)13-11-18/h4-5,8-13,17,21H,3,6-7,14-16H2,1-2H3,(H,25,27)/t17-,21-/m0/s1. The van der Waals surface area contributed by atoms with Crippen molar-refractivity contribution in [2.24, 2.45) is 0 Å². The number of nitrogens with one attached hydrogen (secondary N) is 1. The number of rotatable bonds is 8. The molecule has 0 unspecified atom stereocenters. The Morgan fingerprint density at radius 3 is 2.45 bits per heavy atom. The molecule has 1 aliphatic rings. The molecular formula is C23H29FN2O3. The molecule has 0 aromatic heterocycles. The Kier molecular flexibility index (Phi) is 7.47. The smallest absolute Gasteiger partial charge is 0.260 e. The van der Waals surface area contributed by atoms with E-state index in [9.17, 15) is 9.18 Å². The van der Waals surface area contributed by atoms with Crippen molar-refractivity contribution in [1.82, 2.24) is 10.2 Å². The van der Waals surface area contributed by atoms with Crippen molar-refractivity contribution < 1.29 is 18.7 Å². The Hall–Kier alpha value is -2.60. The van der Waals surface area contributed by atoms with Gasteiger partial charge in [0.1, 0.15) is 5.75 Å². The molecule has 5 nitrogen and oxygen atoms in total. The summed E-state index contributed by atoms with van der Waals surface area (Å²) < 4.78 is 24.5.